The van der Waals surface area contributed by atoms with Crippen LogP contribution in [0, 0.1) is 0 Å². The van der Waals surface area contributed by atoms with Gasteiger partial charge in [0, 0.05) is 10.8 Å². The highest BCUT2D eigenvalue weighted by atomic mass is 127. The molecule has 0 fully saturated rings. The van der Waals surface area contributed by atoms with Gasteiger partial charge in [0.2, 0.25) is 0 Å². The zero-order valence-corrected chi connectivity index (χ0v) is 25.1. The molecule has 0 aromatic heterocycles. The number of alkyl halides is 1. The van der Waals surface area contributed by atoms with Gasteiger partial charge < -0.3 is 42.6 Å². The van der Waals surface area contributed by atoms with E-state index in [1.807, 2.05) is 0 Å². The van der Waals surface area contributed by atoms with Crippen molar-refractivity contribution >= 4 is 28.6 Å². The fourth-order valence-electron chi connectivity index (χ4n) is 2.86. The van der Waals surface area contributed by atoms with E-state index >= 15 is 0 Å². The number of hydrogen-bond donors (Lipinski definition) is 0. The van der Waals surface area contributed by atoms with Gasteiger partial charge in [0.25, 0.3) is 0 Å². The van der Waals surface area contributed by atoms with Crippen molar-refractivity contribution in [2.24, 2.45) is 0 Å². The summed E-state index contributed by atoms with van der Waals surface area (Å²) >= 11 is 2.28. The Morgan fingerprint density at radius 2 is 0.784 bits per heavy atom. The van der Waals surface area contributed by atoms with Gasteiger partial charge in [0.15, 0.2) is 0 Å². The summed E-state index contributed by atoms with van der Waals surface area (Å²) in [7, 11) is 0. The SMILES string of the molecule is CCCCCCCC(=O)OCCOCCOCCOCCOCCOCCOCCOCCOCCI. The standard InChI is InChI=1S/C26H51IO10/c1-2-3-4-5-6-7-26(28)37-25-24-36-23-22-35-21-20-34-19-18-33-17-16-32-15-14-31-13-12-30-11-10-29-9-8-27/h2-25H2,1H3. The van der Waals surface area contributed by atoms with E-state index in [0.717, 1.165) is 23.9 Å². The van der Waals surface area contributed by atoms with Gasteiger partial charge in [-0.1, -0.05) is 55.2 Å². The van der Waals surface area contributed by atoms with Crippen molar-refractivity contribution in [2.45, 2.75) is 45.4 Å². The first-order valence-electron chi connectivity index (χ1n) is 13.6. The molecule has 10 nitrogen and oxygen atoms in total. The normalized spacial score (nSPS) is 11.3. The molecule has 0 saturated heterocycles. The molecule has 0 heterocycles. The Balaban J connectivity index is 3.08. The van der Waals surface area contributed by atoms with E-state index in [1.165, 1.54) is 19.3 Å². The first-order valence-corrected chi connectivity index (χ1v) is 15.2. The molecule has 0 amide bonds. The van der Waals surface area contributed by atoms with Crippen LogP contribution in [0.25, 0.3) is 0 Å². The smallest absolute Gasteiger partial charge is 0.305 e. The van der Waals surface area contributed by atoms with Gasteiger partial charge in [0.05, 0.1) is 106 Å². The van der Waals surface area contributed by atoms with E-state index < -0.39 is 0 Å². The highest BCUT2D eigenvalue weighted by molar-refractivity contribution is 14.1. The van der Waals surface area contributed by atoms with Crippen molar-refractivity contribution in [3.05, 3.63) is 0 Å². The predicted molar refractivity (Wildman–Crippen MR) is 150 cm³/mol. The van der Waals surface area contributed by atoms with Crippen LogP contribution in [-0.4, -0.2) is 123 Å². The van der Waals surface area contributed by atoms with Gasteiger partial charge >= 0.3 is 5.97 Å². The minimum Gasteiger partial charge on any atom is -0.463 e. The monoisotopic (exact) mass is 650 g/mol. The summed E-state index contributed by atoms with van der Waals surface area (Å²) in [5.74, 6) is -0.142. The van der Waals surface area contributed by atoms with Crippen molar-refractivity contribution in [2.75, 3.05) is 117 Å². The van der Waals surface area contributed by atoms with Crippen LogP contribution in [0.3, 0.4) is 0 Å². The van der Waals surface area contributed by atoms with Crippen LogP contribution in [0.1, 0.15) is 45.4 Å². The van der Waals surface area contributed by atoms with Crippen LogP contribution in [0.5, 0.6) is 0 Å². The van der Waals surface area contributed by atoms with Crippen LogP contribution < -0.4 is 0 Å². The van der Waals surface area contributed by atoms with E-state index in [2.05, 4.69) is 29.5 Å². The number of carbonyl (C=O) groups excluding carboxylic acids is 1. The van der Waals surface area contributed by atoms with Gasteiger partial charge in [-0.3, -0.25) is 4.79 Å². The second kappa shape index (κ2) is 33.9. The Labute approximate surface area is 237 Å². The zero-order valence-electron chi connectivity index (χ0n) is 22.9. The molecule has 0 rings (SSSR count). The van der Waals surface area contributed by atoms with E-state index in [1.54, 1.807) is 0 Å². The lowest BCUT2D eigenvalue weighted by atomic mass is 10.1. The number of carbonyl (C=O) groups is 1. The minimum absolute atomic E-state index is 0.142. The highest BCUT2D eigenvalue weighted by Gasteiger charge is 2.02. The number of hydrogen-bond acceptors (Lipinski definition) is 10. The van der Waals surface area contributed by atoms with Crippen LogP contribution >= 0.6 is 22.6 Å². The molecule has 0 aliphatic heterocycles. The fraction of sp³-hybridized carbons (Fsp3) is 0.962. The topological polar surface area (TPSA) is 100 Å². The first kappa shape index (κ1) is 36.9. The molecular formula is C26H51IO10. The average molecular weight is 651 g/mol. The molecule has 0 unspecified atom stereocenters. The van der Waals surface area contributed by atoms with Crippen molar-refractivity contribution in [3.63, 3.8) is 0 Å². The lowest BCUT2D eigenvalue weighted by molar-refractivity contribution is -0.145. The van der Waals surface area contributed by atoms with Crippen LogP contribution in [-0.2, 0) is 47.4 Å². The maximum atomic E-state index is 11.6. The molecule has 0 aliphatic rings. The third-order valence-corrected chi connectivity index (χ3v) is 5.24. The highest BCUT2D eigenvalue weighted by Crippen LogP contribution is 2.05. The number of halogens is 1. The Hall–Kier alpha value is -0.120. The number of ether oxygens (including phenoxy) is 9. The predicted octanol–water partition coefficient (Wildman–Crippen LogP) is 3.46. The van der Waals surface area contributed by atoms with Gasteiger partial charge in [-0.2, -0.15) is 0 Å². The molecule has 0 N–H and O–H groups in total. The molecule has 37 heavy (non-hydrogen) atoms. The first-order chi connectivity index (χ1) is 18.3. The van der Waals surface area contributed by atoms with E-state index in [4.69, 9.17) is 42.6 Å². The molecule has 222 valence electrons. The Kier molecular flexibility index (Phi) is 33.8. The number of rotatable bonds is 32. The third kappa shape index (κ3) is 33.9. The molecule has 0 aliphatic carbocycles. The minimum atomic E-state index is -0.142. The molecule has 0 aromatic rings. The Morgan fingerprint density at radius 3 is 1.14 bits per heavy atom. The van der Waals surface area contributed by atoms with Gasteiger partial charge in [-0.25, -0.2) is 0 Å². The van der Waals surface area contributed by atoms with Crippen LogP contribution in [0.2, 0.25) is 0 Å². The van der Waals surface area contributed by atoms with Crippen molar-refractivity contribution < 1.29 is 47.4 Å². The lowest BCUT2D eigenvalue weighted by Gasteiger charge is -2.09. The zero-order chi connectivity index (χ0) is 26.9. The average Bonchev–Trinajstić information content (AvgIpc) is 2.90. The number of unbranched alkanes of at least 4 members (excludes halogenated alkanes) is 4. The van der Waals surface area contributed by atoms with Crippen LogP contribution in [0.15, 0.2) is 0 Å². The molecule has 0 bridgehead atoms. The lowest BCUT2D eigenvalue weighted by Crippen LogP contribution is -2.15. The maximum Gasteiger partial charge on any atom is 0.305 e. The van der Waals surface area contributed by atoms with Crippen LogP contribution in [0.4, 0.5) is 0 Å². The summed E-state index contributed by atoms with van der Waals surface area (Å²) < 4.78 is 49.4. The van der Waals surface area contributed by atoms with Crippen molar-refractivity contribution in [1.29, 1.82) is 0 Å². The summed E-state index contributed by atoms with van der Waals surface area (Å²) in [6.07, 6.45) is 6.11. The Bertz CT molecular complexity index is 446. The summed E-state index contributed by atoms with van der Waals surface area (Å²) in [5, 5.41) is 0. The molecule has 0 spiro atoms. The van der Waals surface area contributed by atoms with E-state index in [-0.39, 0.29) is 5.97 Å². The largest absolute Gasteiger partial charge is 0.463 e. The van der Waals surface area contributed by atoms with Gasteiger partial charge in [-0.05, 0) is 6.42 Å². The third-order valence-electron chi connectivity index (χ3n) is 4.80. The summed E-state index contributed by atoms with van der Waals surface area (Å²) in [6.45, 7) is 11.0. The summed E-state index contributed by atoms with van der Waals surface area (Å²) in [6, 6.07) is 0. The quantitative estimate of drug-likeness (QED) is 0.0466. The van der Waals surface area contributed by atoms with Crippen molar-refractivity contribution in [3.8, 4) is 0 Å². The van der Waals surface area contributed by atoms with Gasteiger partial charge in [0.1, 0.15) is 6.61 Å². The maximum absolute atomic E-state index is 11.6. The summed E-state index contributed by atoms with van der Waals surface area (Å²) in [4.78, 5) is 11.6. The van der Waals surface area contributed by atoms with E-state index in [9.17, 15) is 4.79 Å². The molecule has 0 atom stereocenters. The summed E-state index contributed by atoms with van der Waals surface area (Å²) in [5.41, 5.74) is 0. The molecule has 11 heteroatoms. The fourth-order valence-corrected chi connectivity index (χ4v) is 3.17. The van der Waals surface area contributed by atoms with Gasteiger partial charge in [-0.15, -0.1) is 0 Å². The molecule has 0 saturated carbocycles. The second-order valence-electron chi connectivity index (χ2n) is 7.97. The second-order valence-corrected chi connectivity index (χ2v) is 9.05. The molecule has 0 aromatic carbocycles. The Morgan fingerprint density at radius 1 is 0.459 bits per heavy atom. The molecular weight excluding hydrogens is 599 g/mol. The molecule has 0 radical (unpaired) electrons. The van der Waals surface area contributed by atoms with E-state index in [0.29, 0.717) is 112 Å². The van der Waals surface area contributed by atoms with Crippen molar-refractivity contribution in [1.82, 2.24) is 0 Å². The number of esters is 1.